The molecular formula is C22H23N5O2. The molecule has 0 saturated carbocycles. The summed E-state index contributed by atoms with van der Waals surface area (Å²) in [6.07, 6.45) is 5.94. The number of hydrogen-bond acceptors (Lipinski definition) is 4. The van der Waals surface area contributed by atoms with E-state index >= 15 is 0 Å². The molecule has 0 bridgehead atoms. The van der Waals surface area contributed by atoms with Crippen LogP contribution in [0.3, 0.4) is 0 Å². The first-order chi connectivity index (χ1) is 14.2. The highest BCUT2D eigenvalue weighted by atomic mass is 16.6. The summed E-state index contributed by atoms with van der Waals surface area (Å²) >= 11 is 0. The van der Waals surface area contributed by atoms with E-state index in [-0.39, 0.29) is 10.6 Å². The molecule has 3 heterocycles. The molecule has 0 radical (unpaired) electrons. The Morgan fingerprint density at radius 3 is 2.38 bits per heavy atom. The van der Waals surface area contributed by atoms with Gasteiger partial charge in [0.1, 0.15) is 0 Å². The fourth-order valence-electron chi connectivity index (χ4n) is 4.28. The molecule has 4 aromatic rings. The number of aromatic nitrogens is 3. The third-order valence-corrected chi connectivity index (χ3v) is 5.82. The summed E-state index contributed by atoms with van der Waals surface area (Å²) in [4.78, 5) is 18.0. The highest BCUT2D eigenvalue weighted by Gasteiger charge is 2.17. The summed E-state index contributed by atoms with van der Waals surface area (Å²) in [6.45, 7) is 4.28. The Hall–Kier alpha value is -3.19. The third-order valence-electron chi connectivity index (χ3n) is 5.82. The van der Waals surface area contributed by atoms with Crippen LogP contribution in [0.2, 0.25) is 0 Å². The molecule has 7 heteroatoms. The van der Waals surface area contributed by atoms with Gasteiger partial charge in [0.05, 0.1) is 21.7 Å². The Bertz CT molecular complexity index is 1170. The van der Waals surface area contributed by atoms with E-state index in [4.69, 9.17) is 4.98 Å². The Morgan fingerprint density at radius 1 is 0.931 bits per heavy atom. The van der Waals surface area contributed by atoms with Gasteiger partial charge in [-0.25, -0.2) is 4.98 Å². The summed E-state index contributed by atoms with van der Waals surface area (Å²) in [6, 6.07) is 15.0. The molecule has 1 saturated heterocycles. The highest BCUT2D eigenvalue weighted by Crippen LogP contribution is 2.27. The fraction of sp³-hybridized carbons (Fsp3) is 0.318. The van der Waals surface area contributed by atoms with Gasteiger partial charge in [-0.15, -0.1) is 0 Å². The smallest absolute Gasteiger partial charge is 0.269 e. The number of para-hydroxylation sites is 2. The molecule has 1 aliphatic rings. The van der Waals surface area contributed by atoms with Crippen LogP contribution in [0.5, 0.6) is 0 Å². The van der Waals surface area contributed by atoms with Crippen molar-refractivity contribution in [2.24, 2.45) is 0 Å². The lowest BCUT2D eigenvalue weighted by molar-refractivity contribution is -0.384. The van der Waals surface area contributed by atoms with Crippen LogP contribution in [-0.4, -0.2) is 43.4 Å². The van der Waals surface area contributed by atoms with Crippen LogP contribution in [0.15, 0.2) is 54.7 Å². The summed E-state index contributed by atoms with van der Waals surface area (Å²) in [5.41, 5.74) is 4.11. The van der Waals surface area contributed by atoms with E-state index in [9.17, 15) is 10.1 Å². The second-order valence-corrected chi connectivity index (χ2v) is 7.64. The number of nitrogens with zero attached hydrogens (tertiary/aromatic N) is 5. The normalized spacial score (nSPS) is 15.3. The zero-order valence-electron chi connectivity index (χ0n) is 16.2. The Kier molecular flexibility index (Phi) is 4.52. The van der Waals surface area contributed by atoms with Gasteiger partial charge in [0.15, 0.2) is 0 Å². The minimum absolute atomic E-state index is 0.0917. The Labute approximate surface area is 168 Å². The standard InChI is InChI=1S/C22H23N5O2/c28-27(29)18-10-8-17(9-11-18)19-16-26-21-7-3-2-6-20(21)25(22(26)23-19)15-14-24-12-4-1-5-13-24/h2-3,6-11,16H,1,4-5,12-15H2. The van der Waals surface area contributed by atoms with E-state index in [1.807, 2.05) is 12.3 Å². The van der Waals surface area contributed by atoms with Crippen LogP contribution in [-0.2, 0) is 6.54 Å². The van der Waals surface area contributed by atoms with Crippen molar-refractivity contribution in [2.45, 2.75) is 25.8 Å². The van der Waals surface area contributed by atoms with Gasteiger partial charge in [0.2, 0.25) is 5.78 Å². The van der Waals surface area contributed by atoms with Crippen molar-refractivity contribution in [2.75, 3.05) is 19.6 Å². The second-order valence-electron chi connectivity index (χ2n) is 7.64. The molecule has 0 aliphatic carbocycles. The van der Waals surface area contributed by atoms with Gasteiger partial charge in [-0.2, -0.15) is 0 Å². The molecule has 148 valence electrons. The molecule has 0 N–H and O–H groups in total. The molecule has 7 nitrogen and oxygen atoms in total. The quantitative estimate of drug-likeness (QED) is 0.376. The van der Waals surface area contributed by atoms with Crippen molar-refractivity contribution in [3.63, 3.8) is 0 Å². The van der Waals surface area contributed by atoms with E-state index < -0.39 is 0 Å². The molecule has 0 spiro atoms. The summed E-state index contributed by atoms with van der Waals surface area (Å²) in [7, 11) is 0. The molecule has 0 atom stereocenters. The van der Waals surface area contributed by atoms with Gasteiger partial charge in [0.25, 0.3) is 5.69 Å². The molecule has 29 heavy (non-hydrogen) atoms. The number of rotatable bonds is 5. The molecular weight excluding hydrogens is 366 g/mol. The van der Waals surface area contributed by atoms with E-state index in [2.05, 4.69) is 32.1 Å². The molecule has 0 amide bonds. The predicted molar refractivity (Wildman–Crippen MR) is 113 cm³/mol. The van der Waals surface area contributed by atoms with Crippen molar-refractivity contribution in [1.82, 2.24) is 18.9 Å². The first-order valence-electron chi connectivity index (χ1n) is 10.1. The first-order valence-corrected chi connectivity index (χ1v) is 10.1. The topological polar surface area (TPSA) is 68.6 Å². The van der Waals surface area contributed by atoms with E-state index in [1.54, 1.807) is 12.1 Å². The Morgan fingerprint density at radius 2 is 1.66 bits per heavy atom. The molecule has 2 aromatic carbocycles. The van der Waals surface area contributed by atoms with E-state index in [0.29, 0.717) is 0 Å². The van der Waals surface area contributed by atoms with Gasteiger partial charge in [-0.1, -0.05) is 18.6 Å². The third kappa shape index (κ3) is 3.27. The average molecular weight is 389 g/mol. The van der Waals surface area contributed by atoms with Crippen LogP contribution in [0, 0.1) is 10.1 Å². The number of piperidine rings is 1. The van der Waals surface area contributed by atoms with Crippen LogP contribution in [0.1, 0.15) is 19.3 Å². The first kappa shape index (κ1) is 17.9. The predicted octanol–water partition coefficient (Wildman–Crippen LogP) is 4.35. The minimum atomic E-state index is -0.379. The van der Waals surface area contributed by atoms with Gasteiger partial charge < -0.3 is 9.47 Å². The summed E-state index contributed by atoms with van der Waals surface area (Å²) in [5, 5.41) is 10.9. The largest absolute Gasteiger partial charge is 0.308 e. The second kappa shape index (κ2) is 7.33. The Balaban J connectivity index is 1.53. The number of non-ortho nitro benzene ring substituents is 1. The lowest BCUT2D eigenvalue weighted by atomic mass is 10.1. The number of fused-ring (bicyclic) bond motifs is 3. The summed E-state index contributed by atoms with van der Waals surface area (Å²) < 4.78 is 4.42. The van der Waals surface area contributed by atoms with Crippen molar-refractivity contribution >= 4 is 22.5 Å². The van der Waals surface area contributed by atoms with Gasteiger partial charge in [0, 0.05) is 37.0 Å². The number of nitro benzene ring substituents is 1. The summed E-state index contributed by atoms with van der Waals surface area (Å²) in [5.74, 6) is 0.913. The van der Waals surface area contributed by atoms with Crippen LogP contribution >= 0.6 is 0 Å². The molecule has 1 fully saturated rings. The van der Waals surface area contributed by atoms with E-state index in [1.165, 1.54) is 50.0 Å². The van der Waals surface area contributed by atoms with Crippen molar-refractivity contribution in [3.05, 3.63) is 64.8 Å². The van der Waals surface area contributed by atoms with Crippen molar-refractivity contribution in [3.8, 4) is 11.3 Å². The fourth-order valence-corrected chi connectivity index (χ4v) is 4.28. The number of imidazole rings is 2. The minimum Gasteiger partial charge on any atom is -0.308 e. The maximum Gasteiger partial charge on any atom is 0.269 e. The lowest BCUT2D eigenvalue weighted by Gasteiger charge is -2.26. The molecule has 1 aliphatic heterocycles. The van der Waals surface area contributed by atoms with Gasteiger partial charge in [-0.3, -0.25) is 14.5 Å². The van der Waals surface area contributed by atoms with Crippen LogP contribution in [0.4, 0.5) is 5.69 Å². The maximum atomic E-state index is 10.9. The zero-order valence-corrected chi connectivity index (χ0v) is 16.2. The molecule has 5 rings (SSSR count). The average Bonchev–Trinajstić information content (AvgIpc) is 3.31. The van der Waals surface area contributed by atoms with Crippen LogP contribution in [0.25, 0.3) is 28.1 Å². The monoisotopic (exact) mass is 389 g/mol. The lowest BCUT2D eigenvalue weighted by Crippen LogP contribution is -2.32. The maximum absolute atomic E-state index is 10.9. The van der Waals surface area contributed by atoms with Crippen molar-refractivity contribution in [1.29, 1.82) is 0 Å². The van der Waals surface area contributed by atoms with E-state index in [0.717, 1.165) is 35.6 Å². The van der Waals surface area contributed by atoms with Crippen LogP contribution < -0.4 is 0 Å². The van der Waals surface area contributed by atoms with Crippen molar-refractivity contribution < 1.29 is 4.92 Å². The van der Waals surface area contributed by atoms with Gasteiger partial charge >= 0.3 is 0 Å². The SMILES string of the molecule is O=[N+]([O-])c1ccc(-c2cn3c4ccccc4n(CCN4CCCCC4)c3n2)cc1. The highest BCUT2D eigenvalue weighted by molar-refractivity contribution is 5.82. The number of nitro groups is 1. The number of likely N-dealkylation sites (tertiary alicyclic amines) is 1. The number of benzene rings is 2. The molecule has 0 unspecified atom stereocenters. The number of hydrogen-bond donors (Lipinski definition) is 0. The molecule has 2 aromatic heterocycles. The zero-order chi connectivity index (χ0) is 19.8. The van der Waals surface area contributed by atoms with Gasteiger partial charge in [-0.05, 0) is 50.2 Å².